The third-order valence-electron chi connectivity index (χ3n) is 4.55. The van der Waals surface area contributed by atoms with Crippen molar-refractivity contribution in [3.8, 4) is 5.75 Å². The van der Waals surface area contributed by atoms with Gasteiger partial charge in [-0.1, -0.05) is 24.3 Å². The van der Waals surface area contributed by atoms with Crippen LogP contribution in [0.3, 0.4) is 0 Å². The van der Waals surface area contributed by atoms with Crippen LogP contribution in [0.5, 0.6) is 5.75 Å². The van der Waals surface area contributed by atoms with Crippen LogP contribution in [0.25, 0.3) is 0 Å². The summed E-state index contributed by atoms with van der Waals surface area (Å²) in [5.41, 5.74) is 1.48. The zero-order valence-electron chi connectivity index (χ0n) is 15.0. The van der Waals surface area contributed by atoms with E-state index in [4.69, 9.17) is 4.74 Å². The van der Waals surface area contributed by atoms with E-state index < -0.39 is 5.82 Å². The van der Waals surface area contributed by atoms with E-state index in [9.17, 15) is 9.18 Å². The number of ether oxygens (including phenoxy) is 1. The number of para-hydroxylation sites is 1. The molecule has 6 heteroatoms. The summed E-state index contributed by atoms with van der Waals surface area (Å²) in [5.74, 6) is 0.267. The minimum atomic E-state index is -0.412. The fourth-order valence-electron chi connectivity index (χ4n) is 3.05. The Morgan fingerprint density at radius 3 is 2.35 bits per heavy atom. The van der Waals surface area contributed by atoms with Crippen molar-refractivity contribution in [1.82, 2.24) is 9.80 Å². The Labute approximate surface area is 153 Å². The van der Waals surface area contributed by atoms with Gasteiger partial charge in [-0.2, -0.15) is 0 Å². The van der Waals surface area contributed by atoms with E-state index >= 15 is 0 Å². The van der Waals surface area contributed by atoms with Crippen LogP contribution in [-0.4, -0.2) is 55.5 Å². The molecular weight excluding hydrogens is 333 g/mol. The van der Waals surface area contributed by atoms with E-state index in [-0.39, 0.29) is 18.1 Å². The van der Waals surface area contributed by atoms with Crippen LogP contribution in [0.4, 0.5) is 10.1 Å². The number of methoxy groups -OCH3 is 1. The smallest absolute Gasteiger partial charge is 0.238 e. The van der Waals surface area contributed by atoms with Gasteiger partial charge in [-0.3, -0.25) is 14.6 Å². The first-order valence-electron chi connectivity index (χ1n) is 8.76. The van der Waals surface area contributed by atoms with Gasteiger partial charge < -0.3 is 10.1 Å². The summed E-state index contributed by atoms with van der Waals surface area (Å²) in [6.45, 7) is 4.61. The van der Waals surface area contributed by atoms with E-state index in [1.165, 1.54) is 11.6 Å². The van der Waals surface area contributed by atoms with Crippen molar-refractivity contribution < 1.29 is 13.9 Å². The summed E-state index contributed by atoms with van der Waals surface area (Å²) in [4.78, 5) is 16.6. The molecule has 1 N–H and O–H groups in total. The summed E-state index contributed by atoms with van der Waals surface area (Å²) in [7, 11) is 1.66. The monoisotopic (exact) mass is 357 g/mol. The number of hydrogen-bond donors (Lipinski definition) is 1. The van der Waals surface area contributed by atoms with Crippen molar-refractivity contribution in [3.05, 3.63) is 59.9 Å². The van der Waals surface area contributed by atoms with E-state index in [1.54, 1.807) is 25.3 Å². The number of carbonyl (C=O) groups is 1. The van der Waals surface area contributed by atoms with Gasteiger partial charge in [-0.25, -0.2) is 4.39 Å². The molecule has 5 nitrogen and oxygen atoms in total. The predicted octanol–water partition coefficient (Wildman–Crippen LogP) is 2.59. The Bertz CT molecular complexity index is 728. The molecule has 138 valence electrons. The highest BCUT2D eigenvalue weighted by molar-refractivity contribution is 5.92. The summed E-state index contributed by atoms with van der Waals surface area (Å²) in [6.07, 6.45) is 0. The van der Waals surface area contributed by atoms with Gasteiger partial charge in [-0.15, -0.1) is 0 Å². The Kier molecular flexibility index (Phi) is 6.20. The molecule has 0 saturated carbocycles. The first kappa shape index (κ1) is 18.4. The first-order valence-corrected chi connectivity index (χ1v) is 8.76. The molecule has 2 aromatic carbocycles. The average molecular weight is 357 g/mol. The number of nitrogens with one attached hydrogen (secondary N) is 1. The number of nitrogens with zero attached hydrogens (tertiary/aromatic N) is 2. The van der Waals surface area contributed by atoms with E-state index in [1.807, 2.05) is 12.1 Å². The number of halogens is 1. The van der Waals surface area contributed by atoms with Gasteiger partial charge in [0.15, 0.2) is 0 Å². The number of hydrogen-bond acceptors (Lipinski definition) is 4. The average Bonchev–Trinajstić information content (AvgIpc) is 2.66. The van der Waals surface area contributed by atoms with Crippen LogP contribution in [0.1, 0.15) is 5.56 Å². The molecule has 0 unspecified atom stereocenters. The summed E-state index contributed by atoms with van der Waals surface area (Å²) in [6, 6.07) is 14.3. The van der Waals surface area contributed by atoms with E-state index in [0.29, 0.717) is 0 Å². The molecule has 1 amide bonds. The zero-order valence-corrected chi connectivity index (χ0v) is 15.0. The molecule has 0 atom stereocenters. The second-order valence-electron chi connectivity index (χ2n) is 6.43. The number of carbonyl (C=O) groups excluding carboxylic acids is 1. The number of benzene rings is 2. The molecule has 26 heavy (non-hydrogen) atoms. The van der Waals surface area contributed by atoms with Crippen LogP contribution in [0.15, 0.2) is 48.5 Å². The maximum Gasteiger partial charge on any atom is 0.238 e. The molecule has 0 aromatic heterocycles. The molecule has 1 saturated heterocycles. The summed E-state index contributed by atoms with van der Waals surface area (Å²) >= 11 is 0. The minimum Gasteiger partial charge on any atom is -0.497 e. The Hall–Kier alpha value is -2.44. The third-order valence-corrected chi connectivity index (χ3v) is 4.55. The van der Waals surface area contributed by atoms with Crippen LogP contribution in [-0.2, 0) is 11.3 Å². The number of anilines is 1. The van der Waals surface area contributed by atoms with Crippen molar-refractivity contribution in [2.75, 3.05) is 45.2 Å². The van der Waals surface area contributed by atoms with Crippen molar-refractivity contribution >= 4 is 11.6 Å². The van der Waals surface area contributed by atoms with Crippen LogP contribution in [0.2, 0.25) is 0 Å². The molecule has 2 aromatic rings. The highest BCUT2D eigenvalue weighted by Crippen LogP contribution is 2.15. The lowest BCUT2D eigenvalue weighted by molar-refractivity contribution is -0.117. The maximum atomic E-state index is 13.6. The molecular formula is C20H24FN3O2. The Morgan fingerprint density at radius 1 is 1.04 bits per heavy atom. The SMILES string of the molecule is COc1ccc(CN2CCN(CC(=O)Nc3ccccc3F)CC2)cc1. The van der Waals surface area contributed by atoms with Crippen LogP contribution in [0, 0.1) is 5.82 Å². The first-order chi connectivity index (χ1) is 12.6. The van der Waals surface area contributed by atoms with Gasteiger partial charge in [0.1, 0.15) is 11.6 Å². The largest absolute Gasteiger partial charge is 0.497 e. The molecule has 1 fully saturated rings. The molecule has 0 bridgehead atoms. The lowest BCUT2D eigenvalue weighted by atomic mass is 10.2. The van der Waals surface area contributed by atoms with Gasteiger partial charge in [0, 0.05) is 32.7 Å². The fraction of sp³-hybridized carbons (Fsp3) is 0.350. The van der Waals surface area contributed by atoms with Crippen molar-refractivity contribution in [1.29, 1.82) is 0 Å². The number of rotatable bonds is 6. The molecule has 0 spiro atoms. The van der Waals surface area contributed by atoms with E-state index in [2.05, 4.69) is 27.2 Å². The van der Waals surface area contributed by atoms with Gasteiger partial charge in [0.05, 0.1) is 19.3 Å². The molecule has 0 radical (unpaired) electrons. The molecule has 1 aliphatic rings. The second kappa shape index (κ2) is 8.78. The zero-order chi connectivity index (χ0) is 18.4. The van der Waals surface area contributed by atoms with Crippen LogP contribution < -0.4 is 10.1 Å². The standard InChI is InChI=1S/C20H24FN3O2/c1-26-17-8-6-16(7-9-17)14-23-10-12-24(13-11-23)15-20(25)22-19-5-3-2-4-18(19)21/h2-9H,10-15H2,1H3,(H,22,25). The molecule has 0 aliphatic carbocycles. The molecule has 1 heterocycles. The van der Waals surface area contributed by atoms with Crippen molar-refractivity contribution in [2.45, 2.75) is 6.54 Å². The van der Waals surface area contributed by atoms with Crippen molar-refractivity contribution in [3.63, 3.8) is 0 Å². The topological polar surface area (TPSA) is 44.8 Å². The molecule has 3 rings (SSSR count). The van der Waals surface area contributed by atoms with Crippen molar-refractivity contribution in [2.24, 2.45) is 0 Å². The highest BCUT2D eigenvalue weighted by atomic mass is 19.1. The number of piperazine rings is 1. The molecule has 1 aliphatic heterocycles. The van der Waals surface area contributed by atoms with Gasteiger partial charge in [0.25, 0.3) is 0 Å². The summed E-state index contributed by atoms with van der Waals surface area (Å²) in [5, 5.41) is 2.64. The third kappa shape index (κ3) is 5.03. The normalized spacial score (nSPS) is 15.6. The predicted molar refractivity (Wildman–Crippen MR) is 99.7 cm³/mol. The quantitative estimate of drug-likeness (QED) is 0.863. The van der Waals surface area contributed by atoms with Gasteiger partial charge in [-0.05, 0) is 29.8 Å². The van der Waals surface area contributed by atoms with Crippen LogP contribution >= 0.6 is 0 Å². The minimum absolute atomic E-state index is 0.182. The lowest BCUT2D eigenvalue weighted by Crippen LogP contribution is -2.48. The lowest BCUT2D eigenvalue weighted by Gasteiger charge is -2.34. The number of amides is 1. The fourth-order valence-corrected chi connectivity index (χ4v) is 3.05. The second-order valence-corrected chi connectivity index (χ2v) is 6.43. The van der Waals surface area contributed by atoms with E-state index in [0.717, 1.165) is 38.5 Å². The Morgan fingerprint density at radius 2 is 1.69 bits per heavy atom. The van der Waals surface area contributed by atoms with Gasteiger partial charge in [0.2, 0.25) is 5.91 Å². The van der Waals surface area contributed by atoms with Gasteiger partial charge >= 0.3 is 0 Å². The summed E-state index contributed by atoms with van der Waals surface area (Å²) < 4.78 is 18.8. The highest BCUT2D eigenvalue weighted by Gasteiger charge is 2.19. The maximum absolute atomic E-state index is 13.6. The Balaban J connectivity index is 1.43.